The van der Waals surface area contributed by atoms with Gasteiger partial charge in [0.15, 0.2) is 0 Å². The van der Waals surface area contributed by atoms with Crippen LogP contribution >= 0.6 is 0 Å². The minimum absolute atomic E-state index is 0.00172. The molecule has 2 aliphatic rings. The lowest BCUT2D eigenvalue weighted by Crippen LogP contribution is -2.15. The third-order valence-corrected chi connectivity index (χ3v) is 3.73. The van der Waals surface area contributed by atoms with E-state index in [0.717, 1.165) is 42.8 Å². The van der Waals surface area contributed by atoms with Gasteiger partial charge in [0.05, 0.1) is 12.5 Å². The molecule has 0 bridgehead atoms. The van der Waals surface area contributed by atoms with Crippen LogP contribution in [0, 0.1) is 0 Å². The highest BCUT2D eigenvalue weighted by atomic mass is 16.5. The molecule has 2 amide bonds. The van der Waals surface area contributed by atoms with Crippen LogP contribution in [0.2, 0.25) is 0 Å². The van der Waals surface area contributed by atoms with Gasteiger partial charge in [0.1, 0.15) is 0 Å². The van der Waals surface area contributed by atoms with Gasteiger partial charge in [-0.05, 0) is 43.0 Å². The maximum atomic E-state index is 11.9. The third-order valence-electron chi connectivity index (χ3n) is 3.73. The van der Waals surface area contributed by atoms with Crippen molar-refractivity contribution in [1.29, 1.82) is 0 Å². The summed E-state index contributed by atoms with van der Waals surface area (Å²) in [6, 6.07) is 5.50. The highest BCUT2D eigenvalue weighted by molar-refractivity contribution is 6.00. The van der Waals surface area contributed by atoms with Crippen LogP contribution in [0.4, 0.5) is 11.4 Å². The molecule has 0 radical (unpaired) electrons. The first-order valence-electron chi connectivity index (χ1n) is 7.05. The highest BCUT2D eigenvalue weighted by Crippen LogP contribution is 2.26. The van der Waals surface area contributed by atoms with E-state index in [-0.39, 0.29) is 17.9 Å². The maximum Gasteiger partial charge on any atom is 0.228 e. The Hall–Kier alpha value is -1.88. The van der Waals surface area contributed by atoms with Crippen LogP contribution in [0.15, 0.2) is 18.2 Å². The molecule has 0 saturated carbocycles. The Bertz CT molecular complexity index is 536. The van der Waals surface area contributed by atoms with Gasteiger partial charge in [-0.1, -0.05) is 0 Å². The fraction of sp³-hybridized carbons (Fsp3) is 0.467. The van der Waals surface area contributed by atoms with Gasteiger partial charge in [-0.25, -0.2) is 0 Å². The van der Waals surface area contributed by atoms with E-state index >= 15 is 0 Å². The molecule has 5 heteroatoms. The van der Waals surface area contributed by atoms with Crippen molar-refractivity contribution in [3.8, 4) is 0 Å². The number of nitrogens with one attached hydrogen (secondary N) is 2. The van der Waals surface area contributed by atoms with E-state index in [1.54, 1.807) is 0 Å². The first kappa shape index (κ1) is 13.1. The first-order valence-corrected chi connectivity index (χ1v) is 7.05. The molecule has 1 saturated heterocycles. The molecular formula is C15H18N2O3. The van der Waals surface area contributed by atoms with Crippen LogP contribution in [-0.2, 0) is 20.7 Å². The summed E-state index contributed by atoms with van der Waals surface area (Å²) in [5.41, 5.74) is 2.52. The molecule has 5 nitrogen and oxygen atoms in total. The number of hydrogen-bond donors (Lipinski definition) is 2. The summed E-state index contributed by atoms with van der Waals surface area (Å²) in [5.74, 6) is -0.000378. The van der Waals surface area contributed by atoms with Crippen molar-refractivity contribution in [2.45, 2.75) is 38.2 Å². The first-order chi connectivity index (χ1) is 9.70. The molecule has 1 aromatic rings. The highest BCUT2D eigenvalue weighted by Gasteiger charge is 2.19. The summed E-state index contributed by atoms with van der Waals surface area (Å²) in [4.78, 5) is 23.2. The van der Waals surface area contributed by atoms with Crippen molar-refractivity contribution in [2.24, 2.45) is 0 Å². The quantitative estimate of drug-likeness (QED) is 0.883. The molecule has 106 valence electrons. The van der Waals surface area contributed by atoms with Crippen LogP contribution in [0.3, 0.4) is 0 Å². The number of hydrogen-bond acceptors (Lipinski definition) is 3. The van der Waals surface area contributed by atoms with Crippen molar-refractivity contribution in [2.75, 3.05) is 17.2 Å². The Labute approximate surface area is 117 Å². The van der Waals surface area contributed by atoms with Crippen molar-refractivity contribution < 1.29 is 14.3 Å². The second kappa shape index (κ2) is 5.63. The lowest BCUT2D eigenvalue weighted by atomic mass is 10.1. The van der Waals surface area contributed by atoms with Crippen LogP contribution in [0.1, 0.15) is 31.2 Å². The van der Waals surface area contributed by atoms with E-state index in [0.29, 0.717) is 12.8 Å². The van der Waals surface area contributed by atoms with Crippen molar-refractivity contribution in [3.63, 3.8) is 0 Å². The predicted octanol–water partition coefficient (Wildman–Crippen LogP) is 2.08. The Morgan fingerprint density at radius 2 is 2.35 bits per heavy atom. The van der Waals surface area contributed by atoms with E-state index in [4.69, 9.17) is 4.74 Å². The Kier molecular flexibility index (Phi) is 3.69. The molecule has 20 heavy (non-hydrogen) atoms. The number of carbonyl (C=O) groups excluding carboxylic acids is 2. The molecule has 1 atom stereocenters. The number of fused-ring (bicyclic) bond motifs is 1. The average Bonchev–Trinajstić information content (AvgIpc) is 3.04. The molecular weight excluding hydrogens is 256 g/mol. The Morgan fingerprint density at radius 3 is 3.15 bits per heavy atom. The van der Waals surface area contributed by atoms with E-state index < -0.39 is 0 Å². The average molecular weight is 274 g/mol. The molecule has 0 unspecified atom stereocenters. The molecule has 2 heterocycles. The Morgan fingerprint density at radius 1 is 1.45 bits per heavy atom. The number of ether oxygens (including phenoxy) is 1. The topological polar surface area (TPSA) is 67.4 Å². The summed E-state index contributed by atoms with van der Waals surface area (Å²) >= 11 is 0. The largest absolute Gasteiger partial charge is 0.378 e. The second-order valence-corrected chi connectivity index (χ2v) is 5.32. The zero-order chi connectivity index (χ0) is 13.9. The summed E-state index contributed by atoms with van der Waals surface area (Å²) in [6.45, 7) is 0.818. The number of amides is 2. The lowest BCUT2D eigenvalue weighted by Gasteiger charge is -2.10. The van der Waals surface area contributed by atoms with E-state index in [1.807, 2.05) is 18.2 Å². The van der Waals surface area contributed by atoms with Gasteiger partial charge < -0.3 is 15.4 Å². The molecule has 3 rings (SSSR count). The summed E-state index contributed by atoms with van der Waals surface area (Å²) in [7, 11) is 0. The minimum Gasteiger partial charge on any atom is -0.378 e. The van der Waals surface area contributed by atoms with Crippen LogP contribution in [0.25, 0.3) is 0 Å². The number of anilines is 2. The number of rotatable bonds is 4. The molecule has 1 fully saturated rings. The maximum absolute atomic E-state index is 11.9. The van der Waals surface area contributed by atoms with Gasteiger partial charge >= 0.3 is 0 Å². The monoisotopic (exact) mass is 274 g/mol. The van der Waals surface area contributed by atoms with Crippen LogP contribution in [-0.4, -0.2) is 24.5 Å². The van der Waals surface area contributed by atoms with Gasteiger partial charge in [0, 0.05) is 24.4 Å². The predicted molar refractivity (Wildman–Crippen MR) is 75.6 cm³/mol. The van der Waals surface area contributed by atoms with Gasteiger partial charge in [-0.2, -0.15) is 0 Å². The minimum atomic E-state index is -0.00210. The fourth-order valence-electron chi connectivity index (χ4n) is 2.69. The van der Waals surface area contributed by atoms with Crippen molar-refractivity contribution in [1.82, 2.24) is 0 Å². The zero-order valence-corrected chi connectivity index (χ0v) is 11.3. The molecule has 2 aliphatic heterocycles. The van der Waals surface area contributed by atoms with E-state index in [1.165, 1.54) is 0 Å². The van der Waals surface area contributed by atoms with E-state index in [9.17, 15) is 9.59 Å². The Balaban J connectivity index is 1.53. The summed E-state index contributed by atoms with van der Waals surface area (Å²) in [5, 5.41) is 5.65. The second-order valence-electron chi connectivity index (χ2n) is 5.32. The van der Waals surface area contributed by atoms with Crippen LogP contribution in [0.5, 0.6) is 0 Å². The van der Waals surface area contributed by atoms with E-state index in [2.05, 4.69) is 10.6 Å². The zero-order valence-electron chi connectivity index (χ0n) is 11.3. The molecule has 0 aliphatic carbocycles. The van der Waals surface area contributed by atoms with Crippen molar-refractivity contribution >= 4 is 23.2 Å². The van der Waals surface area contributed by atoms with Crippen molar-refractivity contribution in [3.05, 3.63) is 23.8 Å². The number of benzene rings is 1. The smallest absolute Gasteiger partial charge is 0.228 e. The standard InChI is InChI=1S/C15H18N2O3/c18-14(6-4-12-2-1-7-20-12)16-11-3-5-13-10(8-11)9-15(19)17-13/h3,5,8,12H,1-2,4,6-7,9H2,(H,16,18)(H,17,19)/t12-/m1/s1. The van der Waals surface area contributed by atoms with Gasteiger partial charge in [-0.3, -0.25) is 9.59 Å². The SMILES string of the molecule is O=C(CC[C@H]1CCCO1)Nc1ccc2c(c1)CC(=O)N2. The van der Waals surface area contributed by atoms with Gasteiger partial charge in [-0.15, -0.1) is 0 Å². The van der Waals surface area contributed by atoms with Crippen LogP contribution < -0.4 is 10.6 Å². The fourth-order valence-corrected chi connectivity index (χ4v) is 2.69. The molecule has 2 N–H and O–H groups in total. The third kappa shape index (κ3) is 2.99. The summed E-state index contributed by atoms with van der Waals surface area (Å²) in [6.07, 6.45) is 4.02. The molecule has 1 aromatic carbocycles. The summed E-state index contributed by atoms with van der Waals surface area (Å²) < 4.78 is 5.50. The molecule has 0 aromatic heterocycles. The number of carbonyl (C=O) groups is 2. The van der Waals surface area contributed by atoms with Gasteiger partial charge in [0.25, 0.3) is 0 Å². The molecule has 0 spiro atoms. The normalized spacial score (nSPS) is 20.6. The lowest BCUT2D eigenvalue weighted by molar-refractivity contribution is -0.117. The van der Waals surface area contributed by atoms with Gasteiger partial charge in [0.2, 0.25) is 11.8 Å².